The number of para-hydroxylation sites is 1. The Bertz CT molecular complexity index is 1030. The van der Waals surface area contributed by atoms with E-state index in [4.69, 9.17) is 9.72 Å². The third kappa shape index (κ3) is 9.04. The predicted octanol–water partition coefficient (Wildman–Crippen LogP) is 5.78. The smallest absolute Gasteiger partial charge is 0.293 e. The van der Waals surface area contributed by atoms with E-state index in [1.807, 2.05) is 52.1 Å². The Morgan fingerprint density at radius 2 is 1.63 bits per heavy atom. The SMILES string of the molecule is CC(C)(C)OC=O.Cc1nc(CC2CCN(c3ccccc3)CC2)ncc1OCc1ccccc1. The van der Waals surface area contributed by atoms with Gasteiger partial charge in [-0.05, 0) is 64.2 Å². The van der Waals surface area contributed by atoms with Gasteiger partial charge in [-0.15, -0.1) is 0 Å². The van der Waals surface area contributed by atoms with Gasteiger partial charge in [0.2, 0.25) is 0 Å². The van der Waals surface area contributed by atoms with Crippen LogP contribution in [0.4, 0.5) is 5.69 Å². The molecule has 0 radical (unpaired) electrons. The largest absolute Gasteiger partial charge is 0.485 e. The second-order valence-electron chi connectivity index (χ2n) is 9.81. The van der Waals surface area contributed by atoms with Gasteiger partial charge in [-0.3, -0.25) is 4.79 Å². The maximum absolute atomic E-state index is 9.60. The first kappa shape index (κ1) is 26.2. The molecule has 1 aliphatic rings. The fourth-order valence-corrected chi connectivity index (χ4v) is 3.92. The Balaban J connectivity index is 0.000000429. The molecule has 6 nitrogen and oxygen atoms in total. The van der Waals surface area contributed by atoms with Crippen LogP contribution in [0.1, 0.15) is 50.7 Å². The lowest BCUT2D eigenvalue weighted by molar-refractivity contribution is -0.138. The summed E-state index contributed by atoms with van der Waals surface area (Å²) < 4.78 is 10.4. The molecule has 3 aromatic rings. The highest BCUT2D eigenvalue weighted by Crippen LogP contribution is 2.25. The van der Waals surface area contributed by atoms with Gasteiger partial charge in [0.25, 0.3) is 6.47 Å². The van der Waals surface area contributed by atoms with Crippen LogP contribution in [0.15, 0.2) is 66.9 Å². The number of anilines is 1. The summed E-state index contributed by atoms with van der Waals surface area (Å²) in [5.41, 5.74) is 3.08. The van der Waals surface area contributed by atoms with Gasteiger partial charge >= 0.3 is 0 Å². The maximum Gasteiger partial charge on any atom is 0.293 e. The molecule has 186 valence electrons. The molecule has 2 heterocycles. The number of rotatable bonds is 7. The van der Waals surface area contributed by atoms with E-state index in [9.17, 15) is 4.79 Å². The Morgan fingerprint density at radius 3 is 2.17 bits per heavy atom. The first-order chi connectivity index (χ1) is 16.8. The summed E-state index contributed by atoms with van der Waals surface area (Å²) in [7, 11) is 0. The Morgan fingerprint density at radius 1 is 1.00 bits per heavy atom. The van der Waals surface area contributed by atoms with Crippen molar-refractivity contribution in [2.75, 3.05) is 18.0 Å². The monoisotopic (exact) mass is 475 g/mol. The number of piperidine rings is 1. The van der Waals surface area contributed by atoms with Crippen molar-refractivity contribution in [1.29, 1.82) is 0 Å². The van der Waals surface area contributed by atoms with Gasteiger partial charge in [-0.1, -0.05) is 48.5 Å². The molecule has 0 spiro atoms. The molecule has 0 unspecified atom stereocenters. The molecule has 1 aromatic heterocycles. The van der Waals surface area contributed by atoms with E-state index in [1.165, 1.54) is 18.5 Å². The first-order valence-corrected chi connectivity index (χ1v) is 12.2. The minimum Gasteiger partial charge on any atom is -0.485 e. The lowest BCUT2D eigenvalue weighted by Gasteiger charge is -2.33. The molecule has 35 heavy (non-hydrogen) atoms. The molecule has 0 amide bonds. The van der Waals surface area contributed by atoms with Crippen LogP contribution < -0.4 is 9.64 Å². The molecule has 0 saturated carbocycles. The van der Waals surface area contributed by atoms with Gasteiger partial charge in [0.15, 0.2) is 5.75 Å². The molecule has 0 atom stereocenters. The number of carbonyl (C=O) groups excluding carboxylic acids is 1. The van der Waals surface area contributed by atoms with E-state index >= 15 is 0 Å². The average molecular weight is 476 g/mol. The number of carbonyl (C=O) groups is 1. The van der Waals surface area contributed by atoms with Gasteiger partial charge in [0, 0.05) is 25.2 Å². The fraction of sp³-hybridized carbons (Fsp3) is 0.414. The van der Waals surface area contributed by atoms with Crippen LogP contribution in [-0.2, 0) is 22.6 Å². The fourth-order valence-electron chi connectivity index (χ4n) is 3.92. The van der Waals surface area contributed by atoms with Crippen molar-refractivity contribution in [3.8, 4) is 5.75 Å². The molecule has 6 heteroatoms. The normalized spacial score (nSPS) is 14.0. The van der Waals surface area contributed by atoms with Gasteiger partial charge in [0.05, 0.1) is 11.9 Å². The summed E-state index contributed by atoms with van der Waals surface area (Å²) in [6.45, 7) is 10.7. The second kappa shape index (κ2) is 12.9. The van der Waals surface area contributed by atoms with Crippen molar-refractivity contribution in [1.82, 2.24) is 9.97 Å². The number of nitrogens with zero attached hydrogens (tertiary/aromatic N) is 3. The zero-order valence-electron chi connectivity index (χ0n) is 21.3. The van der Waals surface area contributed by atoms with Crippen LogP contribution in [0.2, 0.25) is 0 Å². The Labute approximate surface area is 209 Å². The molecule has 0 N–H and O–H groups in total. The van der Waals surface area contributed by atoms with Crippen LogP contribution in [0.3, 0.4) is 0 Å². The number of ether oxygens (including phenoxy) is 2. The second-order valence-corrected chi connectivity index (χ2v) is 9.81. The van der Waals surface area contributed by atoms with E-state index in [-0.39, 0.29) is 5.60 Å². The molecule has 0 bridgehead atoms. The lowest BCUT2D eigenvalue weighted by Crippen LogP contribution is -2.34. The molecule has 1 saturated heterocycles. The molecule has 1 fully saturated rings. The third-order valence-electron chi connectivity index (χ3n) is 5.83. The maximum atomic E-state index is 9.60. The highest BCUT2D eigenvalue weighted by Gasteiger charge is 2.21. The van der Waals surface area contributed by atoms with Crippen LogP contribution in [0, 0.1) is 12.8 Å². The van der Waals surface area contributed by atoms with Crippen molar-refractivity contribution in [3.63, 3.8) is 0 Å². The third-order valence-corrected chi connectivity index (χ3v) is 5.83. The highest BCUT2D eigenvalue weighted by molar-refractivity contribution is 5.46. The standard InChI is InChI=1S/C24H27N3O.C5H10O2/c1-19-23(28-18-21-8-4-2-5-9-21)17-25-24(26-19)16-20-12-14-27(15-13-20)22-10-6-3-7-11-22;1-5(2,3)7-4-6/h2-11,17,20H,12-16,18H2,1H3;4H,1-3H3. The summed E-state index contributed by atoms with van der Waals surface area (Å²) in [6.07, 6.45) is 5.15. The molecule has 1 aliphatic heterocycles. The summed E-state index contributed by atoms with van der Waals surface area (Å²) >= 11 is 0. The minimum absolute atomic E-state index is 0.318. The van der Waals surface area contributed by atoms with E-state index < -0.39 is 0 Å². The zero-order chi connectivity index (χ0) is 25.1. The summed E-state index contributed by atoms with van der Waals surface area (Å²) in [5, 5.41) is 0. The lowest BCUT2D eigenvalue weighted by atomic mass is 9.93. The number of hydrogen-bond acceptors (Lipinski definition) is 6. The number of hydrogen-bond donors (Lipinski definition) is 0. The number of benzene rings is 2. The molecule has 2 aromatic carbocycles. The summed E-state index contributed by atoms with van der Waals surface area (Å²) in [4.78, 5) is 21.4. The summed E-state index contributed by atoms with van der Waals surface area (Å²) in [6, 6.07) is 20.9. The van der Waals surface area contributed by atoms with Crippen molar-refractivity contribution in [3.05, 3.63) is 83.9 Å². The van der Waals surface area contributed by atoms with Crippen molar-refractivity contribution < 1.29 is 14.3 Å². The van der Waals surface area contributed by atoms with Crippen LogP contribution in [0.5, 0.6) is 5.75 Å². The van der Waals surface area contributed by atoms with E-state index in [0.717, 1.165) is 42.3 Å². The van der Waals surface area contributed by atoms with Crippen LogP contribution in [-0.4, -0.2) is 35.1 Å². The van der Waals surface area contributed by atoms with Crippen LogP contribution >= 0.6 is 0 Å². The predicted molar refractivity (Wildman–Crippen MR) is 140 cm³/mol. The molecular weight excluding hydrogens is 438 g/mol. The highest BCUT2D eigenvalue weighted by atomic mass is 16.5. The zero-order valence-corrected chi connectivity index (χ0v) is 21.3. The molecule has 0 aliphatic carbocycles. The summed E-state index contributed by atoms with van der Waals surface area (Å²) in [5.74, 6) is 2.35. The molecule has 4 rings (SSSR count). The van der Waals surface area contributed by atoms with Gasteiger partial charge in [-0.25, -0.2) is 9.97 Å². The van der Waals surface area contributed by atoms with E-state index in [1.54, 1.807) is 0 Å². The van der Waals surface area contributed by atoms with Crippen LogP contribution in [0.25, 0.3) is 0 Å². The van der Waals surface area contributed by atoms with E-state index in [2.05, 4.69) is 57.1 Å². The van der Waals surface area contributed by atoms with Crippen molar-refractivity contribution in [2.24, 2.45) is 5.92 Å². The van der Waals surface area contributed by atoms with Crippen molar-refractivity contribution >= 4 is 12.2 Å². The topological polar surface area (TPSA) is 64.5 Å². The minimum atomic E-state index is -0.318. The van der Waals surface area contributed by atoms with Gasteiger partial charge in [0.1, 0.15) is 18.0 Å². The Kier molecular flexibility index (Phi) is 9.65. The number of aromatic nitrogens is 2. The molecular formula is C29H37N3O3. The van der Waals surface area contributed by atoms with Crippen molar-refractivity contribution in [2.45, 2.75) is 59.2 Å². The van der Waals surface area contributed by atoms with Gasteiger partial charge in [-0.2, -0.15) is 0 Å². The first-order valence-electron chi connectivity index (χ1n) is 12.2. The van der Waals surface area contributed by atoms with E-state index in [0.29, 0.717) is 19.0 Å². The van der Waals surface area contributed by atoms with Gasteiger partial charge < -0.3 is 14.4 Å². The Hall–Kier alpha value is -3.41. The number of aryl methyl sites for hydroxylation is 1. The average Bonchev–Trinajstić information content (AvgIpc) is 2.85. The quantitative estimate of drug-likeness (QED) is 0.404.